The summed E-state index contributed by atoms with van der Waals surface area (Å²) in [5.41, 5.74) is -2.18. The zero-order chi connectivity index (χ0) is 25.0. The third-order valence-corrected chi connectivity index (χ3v) is 7.45. The zero-order valence-corrected chi connectivity index (χ0v) is 19.5. The van der Waals surface area contributed by atoms with Crippen LogP contribution in [-0.2, 0) is 11.4 Å². The minimum absolute atomic E-state index is 0.0436. The molecule has 2 unspecified atom stereocenters. The van der Waals surface area contributed by atoms with E-state index in [-0.39, 0.29) is 25.9 Å². The lowest BCUT2D eigenvalue weighted by molar-refractivity contribution is -0.143. The number of benzene rings is 1. The van der Waals surface area contributed by atoms with Gasteiger partial charge >= 0.3 is 0 Å². The van der Waals surface area contributed by atoms with Gasteiger partial charge in [0.25, 0.3) is 18.2 Å². The number of fused-ring (bicyclic) bond motifs is 4. The van der Waals surface area contributed by atoms with Gasteiger partial charge in [-0.25, -0.2) is 8.78 Å². The highest BCUT2D eigenvalue weighted by molar-refractivity contribution is 7.81. The Bertz CT molecular complexity index is 1260. The summed E-state index contributed by atoms with van der Waals surface area (Å²) in [6.45, 7) is 1.65. The predicted octanol–water partition coefficient (Wildman–Crippen LogP) is -0.121. The molecule has 4 rings (SSSR count). The second kappa shape index (κ2) is 8.42. The number of pyridine rings is 1. The first-order valence-corrected chi connectivity index (χ1v) is 11.2. The smallest absolute Gasteiger partial charge is 0.274 e. The Hall–Kier alpha value is -2.86. The molecule has 1 saturated heterocycles. The first-order valence-electron chi connectivity index (χ1n) is 10.8. The molecule has 1 fully saturated rings. The zero-order valence-electron chi connectivity index (χ0n) is 18.6. The van der Waals surface area contributed by atoms with Crippen molar-refractivity contribution < 1.29 is 28.6 Å². The van der Waals surface area contributed by atoms with Crippen molar-refractivity contribution in [2.24, 2.45) is 0 Å². The molecule has 2 aromatic rings. The minimum atomic E-state index is -3.24. The van der Waals surface area contributed by atoms with Gasteiger partial charge in [-0.1, -0.05) is 29.2 Å². The van der Waals surface area contributed by atoms with Crippen molar-refractivity contribution in [2.45, 2.75) is 43.2 Å². The van der Waals surface area contributed by atoms with Gasteiger partial charge in [-0.3, -0.25) is 14.4 Å². The van der Waals surface area contributed by atoms with Crippen LogP contribution in [-0.4, -0.2) is 64.5 Å². The van der Waals surface area contributed by atoms with E-state index in [0.717, 1.165) is 27.4 Å². The fourth-order valence-corrected chi connectivity index (χ4v) is 5.23. The molecule has 12 heteroatoms. The summed E-state index contributed by atoms with van der Waals surface area (Å²) in [6, 6.07) is 5.63. The molecule has 1 aromatic carbocycles. The monoisotopic (exact) mass is 491 g/mol. The second-order valence-electron chi connectivity index (χ2n) is 8.92. The number of nitrogens with one attached hydrogen (secondary N) is 1. The first-order chi connectivity index (χ1) is 15.9. The van der Waals surface area contributed by atoms with E-state index in [1.807, 2.05) is 33.0 Å². The van der Waals surface area contributed by atoms with Crippen molar-refractivity contribution in [3.05, 3.63) is 57.0 Å². The number of thiol groups is 1. The lowest BCUT2D eigenvalue weighted by Gasteiger charge is -2.48. The Kier molecular flexibility index (Phi) is 6.01. The van der Waals surface area contributed by atoms with Crippen LogP contribution in [0, 0.1) is 6.92 Å². The van der Waals surface area contributed by atoms with E-state index in [1.165, 1.54) is 4.90 Å². The van der Waals surface area contributed by atoms with Crippen LogP contribution < -0.4 is 16.2 Å². The summed E-state index contributed by atoms with van der Waals surface area (Å²) >= 11 is 4.39. The Balaban J connectivity index is 1.80. The van der Waals surface area contributed by atoms with Gasteiger partial charge < -0.3 is 25.0 Å². The number of carbonyl (C=O) groups excluding carboxylic acids is 2. The molecule has 3 heterocycles. The number of hydrogen-bond donors (Lipinski definition) is 4. The van der Waals surface area contributed by atoms with Crippen molar-refractivity contribution >= 4 is 37.8 Å². The number of rotatable bonds is 4. The van der Waals surface area contributed by atoms with Gasteiger partial charge in [0.2, 0.25) is 5.43 Å². The molecule has 3 N–H and O–H groups in total. The molecule has 2 aliphatic heterocycles. The molecule has 0 spiro atoms. The largest absolute Gasteiger partial charge is 0.503 e. The third kappa shape index (κ3) is 3.59. The van der Waals surface area contributed by atoms with E-state index >= 15 is 0 Å². The van der Waals surface area contributed by atoms with Crippen molar-refractivity contribution in [3.63, 3.8) is 0 Å². The van der Waals surface area contributed by atoms with Crippen LogP contribution in [0.4, 0.5) is 8.78 Å². The van der Waals surface area contributed by atoms with E-state index in [0.29, 0.717) is 0 Å². The normalized spacial score (nSPS) is 24.1. The van der Waals surface area contributed by atoms with E-state index in [1.54, 1.807) is 0 Å². The van der Waals surface area contributed by atoms with Crippen LogP contribution in [0.25, 0.3) is 0 Å². The topological polar surface area (TPSA) is 112 Å². The highest BCUT2D eigenvalue weighted by Crippen LogP contribution is 2.48. The van der Waals surface area contributed by atoms with Crippen LogP contribution >= 0.6 is 12.6 Å². The quantitative estimate of drug-likeness (QED) is 0.352. The van der Waals surface area contributed by atoms with E-state index in [4.69, 9.17) is 0 Å². The molecule has 34 heavy (non-hydrogen) atoms. The highest BCUT2D eigenvalue weighted by atomic mass is 32.1. The van der Waals surface area contributed by atoms with Gasteiger partial charge in [-0.2, -0.15) is 0 Å². The number of aromatic hydroxyl groups is 1. The Labute approximate surface area is 200 Å². The third-order valence-electron chi connectivity index (χ3n) is 6.71. The number of amides is 2. The highest BCUT2D eigenvalue weighted by Gasteiger charge is 2.61. The molecule has 2 amide bonds. The van der Waals surface area contributed by atoms with Crippen LogP contribution in [0.3, 0.4) is 0 Å². The number of aryl methyl sites for hydroxylation is 1. The Morgan fingerprint density at radius 2 is 2.06 bits per heavy atom. The van der Waals surface area contributed by atoms with Crippen molar-refractivity contribution in [3.8, 4) is 5.75 Å². The summed E-state index contributed by atoms with van der Waals surface area (Å²) < 4.78 is 29.1. The number of aromatic nitrogens is 1. The first kappa shape index (κ1) is 24.3. The van der Waals surface area contributed by atoms with Gasteiger partial charge in [0.15, 0.2) is 17.0 Å². The SMILES string of the molecule is Bc1cc(C)ccc1CNC(=O)c1cn2c(c(O)c1=O)C(=O)N1CCCC(O)(C(F)F)C2(S)C1. The van der Waals surface area contributed by atoms with E-state index < -0.39 is 57.7 Å². The van der Waals surface area contributed by atoms with Gasteiger partial charge in [0.05, 0.1) is 6.54 Å². The lowest BCUT2D eigenvalue weighted by Crippen LogP contribution is -2.64. The lowest BCUT2D eigenvalue weighted by atomic mass is 9.87. The number of hydrogen-bond acceptors (Lipinski definition) is 6. The molecule has 2 atom stereocenters. The maximum atomic E-state index is 14.1. The molecule has 0 radical (unpaired) electrons. The minimum Gasteiger partial charge on any atom is -0.503 e. The molecule has 180 valence electrons. The van der Waals surface area contributed by atoms with Gasteiger partial charge in [-0.15, -0.1) is 12.6 Å². The fraction of sp³-hybridized carbons (Fsp3) is 0.409. The van der Waals surface area contributed by atoms with Gasteiger partial charge in [-0.05, 0) is 25.3 Å². The standard InChI is InChI=1S/C22H24BF2N3O5S/c1-11-3-4-12(14(23)7-11)8-26-18(31)13-9-28-15(17(30)16(13)29)19(32)27-6-2-5-21(33,20(24)25)22(28,34)10-27/h3-4,7,9,20,30,33-34H,2,5-6,8,10,23H2,1H3,(H,26,31). The molecule has 0 aliphatic carbocycles. The maximum Gasteiger partial charge on any atom is 0.274 e. The summed E-state index contributed by atoms with van der Waals surface area (Å²) in [5, 5.41) is 24.2. The molecule has 8 nitrogen and oxygen atoms in total. The van der Waals surface area contributed by atoms with Crippen molar-refractivity contribution in [2.75, 3.05) is 13.1 Å². The maximum absolute atomic E-state index is 14.1. The number of nitrogens with zero attached hydrogens (tertiary/aromatic N) is 2. The fourth-order valence-electron chi connectivity index (χ4n) is 4.69. The predicted molar refractivity (Wildman–Crippen MR) is 126 cm³/mol. The van der Waals surface area contributed by atoms with Crippen LogP contribution in [0.5, 0.6) is 5.75 Å². The molecule has 2 bridgehead atoms. The van der Waals surface area contributed by atoms with Crippen LogP contribution in [0.15, 0.2) is 29.2 Å². The summed E-state index contributed by atoms with van der Waals surface area (Å²) in [4.78, 5) is 37.8. The second-order valence-corrected chi connectivity index (χ2v) is 9.66. The molecule has 0 saturated carbocycles. The summed E-state index contributed by atoms with van der Waals surface area (Å²) in [6.07, 6.45) is -2.62. The number of carbonyl (C=O) groups is 2. The molecular weight excluding hydrogens is 467 g/mol. The van der Waals surface area contributed by atoms with Crippen LogP contribution in [0.1, 0.15) is 44.8 Å². The average Bonchev–Trinajstić information content (AvgIpc) is 2.89. The van der Waals surface area contributed by atoms with E-state index in [2.05, 4.69) is 17.9 Å². The molecule has 1 aromatic heterocycles. The van der Waals surface area contributed by atoms with Crippen molar-refractivity contribution in [1.29, 1.82) is 0 Å². The Morgan fingerprint density at radius 1 is 1.35 bits per heavy atom. The summed E-state index contributed by atoms with van der Waals surface area (Å²) in [7, 11) is 1.87. The van der Waals surface area contributed by atoms with Gasteiger partial charge in [0, 0.05) is 19.3 Å². The number of halogens is 2. The van der Waals surface area contributed by atoms with Crippen molar-refractivity contribution in [1.82, 2.24) is 14.8 Å². The number of alkyl halides is 2. The summed E-state index contributed by atoms with van der Waals surface area (Å²) in [5.74, 6) is -2.68. The molecule has 2 aliphatic rings. The van der Waals surface area contributed by atoms with Crippen LogP contribution in [0.2, 0.25) is 0 Å². The number of aliphatic hydroxyl groups is 1. The molecular formula is C22H24BF2N3O5S. The average molecular weight is 491 g/mol. The van der Waals surface area contributed by atoms with Gasteiger partial charge in [0.1, 0.15) is 18.3 Å². The van der Waals surface area contributed by atoms with E-state index in [9.17, 15) is 33.4 Å². The Morgan fingerprint density at radius 3 is 2.71 bits per heavy atom.